The van der Waals surface area contributed by atoms with Gasteiger partial charge in [-0.2, -0.15) is 0 Å². The first kappa shape index (κ1) is 12.1. The first-order valence-corrected chi connectivity index (χ1v) is 4.87. The Balaban J connectivity index is 3.06. The summed E-state index contributed by atoms with van der Waals surface area (Å²) >= 11 is 0. The number of hydrogen-bond acceptors (Lipinski definition) is 3. The lowest BCUT2D eigenvalue weighted by molar-refractivity contribution is -0.385. The molecule has 0 aliphatic rings. The van der Waals surface area contributed by atoms with Crippen molar-refractivity contribution in [2.24, 2.45) is 0 Å². The van der Waals surface area contributed by atoms with E-state index in [1.54, 1.807) is 19.1 Å². The van der Waals surface area contributed by atoms with E-state index in [0.717, 1.165) is 0 Å². The zero-order valence-corrected chi connectivity index (χ0v) is 9.57. The Kier molecular flexibility index (Phi) is 3.19. The normalized spacial score (nSPS) is 10.6. The summed E-state index contributed by atoms with van der Waals surface area (Å²) in [4.78, 5) is 10.3. The maximum atomic E-state index is 10.7. The lowest BCUT2D eigenvalue weighted by Gasteiger charge is -2.21. The van der Waals surface area contributed by atoms with E-state index < -0.39 is 10.5 Å². The number of anilines is 1. The van der Waals surface area contributed by atoms with Crippen molar-refractivity contribution < 1.29 is 4.92 Å². The van der Waals surface area contributed by atoms with Crippen molar-refractivity contribution in [3.63, 3.8) is 0 Å². The predicted octanol–water partition coefficient (Wildman–Crippen LogP) is 2.73. The Morgan fingerprint density at radius 2 is 2.12 bits per heavy atom. The molecule has 0 unspecified atom stereocenters. The lowest BCUT2D eigenvalue weighted by Crippen LogP contribution is -2.28. The summed E-state index contributed by atoms with van der Waals surface area (Å²) in [7, 11) is 0. The Labute approximate surface area is 94.8 Å². The molecule has 0 fully saturated rings. The third kappa shape index (κ3) is 2.74. The number of hydrogen-bond donors (Lipinski definition) is 1. The van der Waals surface area contributed by atoms with Gasteiger partial charge in [-0.25, -0.2) is 0 Å². The van der Waals surface area contributed by atoms with Crippen molar-refractivity contribution in [3.8, 4) is 12.3 Å². The van der Waals surface area contributed by atoms with Crippen LogP contribution in [0.25, 0.3) is 0 Å². The Bertz CT molecular complexity index is 459. The minimum Gasteiger partial charge on any atom is -0.369 e. The fourth-order valence-corrected chi connectivity index (χ4v) is 1.28. The van der Waals surface area contributed by atoms with Crippen LogP contribution >= 0.6 is 0 Å². The van der Waals surface area contributed by atoms with Gasteiger partial charge in [-0.05, 0) is 26.8 Å². The molecule has 0 spiro atoms. The van der Waals surface area contributed by atoms with E-state index in [4.69, 9.17) is 6.42 Å². The van der Waals surface area contributed by atoms with E-state index in [1.165, 1.54) is 6.07 Å². The number of nitrogens with one attached hydrogen (secondary N) is 1. The molecule has 0 aliphatic heterocycles. The minimum absolute atomic E-state index is 0.0952. The lowest BCUT2D eigenvalue weighted by atomic mass is 10.1. The van der Waals surface area contributed by atoms with Gasteiger partial charge in [0.05, 0.1) is 10.5 Å². The van der Waals surface area contributed by atoms with Gasteiger partial charge in [-0.1, -0.05) is 12.0 Å². The molecule has 0 atom stereocenters. The van der Waals surface area contributed by atoms with Crippen LogP contribution in [0, 0.1) is 29.4 Å². The number of rotatable bonds is 3. The Hall–Kier alpha value is -2.02. The highest BCUT2D eigenvalue weighted by molar-refractivity contribution is 5.56. The molecule has 0 radical (unpaired) electrons. The molecular formula is C12H14N2O2. The number of nitrogens with zero attached hydrogens (tertiary/aromatic N) is 1. The maximum absolute atomic E-state index is 10.7. The molecule has 4 nitrogen and oxygen atoms in total. The molecule has 84 valence electrons. The van der Waals surface area contributed by atoms with Crippen molar-refractivity contribution in [1.82, 2.24) is 0 Å². The van der Waals surface area contributed by atoms with E-state index in [2.05, 4.69) is 11.2 Å². The number of nitro benzene ring substituents is 1. The average Bonchev–Trinajstić information content (AvgIpc) is 2.20. The maximum Gasteiger partial charge on any atom is 0.274 e. The molecule has 0 saturated heterocycles. The van der Waals surface area contributed by atoms with E-state index in [0.29, 0.717) is 11.3 Å². The van der Waals surface area contributed by atoms with E-state index in [1.807, 2.05) is 13.8 Å². The van der Waals surface area contributed by atoms with Gasteiger partial charge >= 0.3 is 0 Å². The number of aryl methyl sites for hydroxylation is 1. The van der Waals surface area contributed by atoms with Gasteiger partial charge < -0.3 is 5.32 Å². The van der Waals surface area contributed by atoms with Gasteiger partial charge in [0.1, 0.15) is 0 Å². The highest BCUT2D eigenvalue weighted by atomic mass is 16.6. The van der Waals surface area contributed by atoms with Gasteiger partial charge in [0.25, 0.3) is 5.69 Å². The number of nitro groups is 1. The van der Waals surface area contributed by atoms with Crippen molar-refractivity contribution >= 4 is 11.4 Å². The summed E-state index contributed by atoms with van der Waals surface area (Å²) in [6.45, 7) is 5.37. The summed E-state index contributed by atoms with van der Waals surface area (Å²) in [5.74, 6) is 2.57. The molecule has 1 aromatic rings. The largest absolute Gasteiger partial charge is 0.369 e. The van der Waals surface area contributed by atoms with Crippen LogP contribution in [-0.4, -0.2) is 10.5 Å². The zero-order chi connectivity index (χ0) is 12.3. The molecule has 0 amide bonds. The Morgan fingerprint density at radius 3 is 2.62 bits per heavy atom. The standard InChI is InChI=1S/C12H14N2O2/c1-5-12(3,4)13-10-7-6-9(2)11(8-10)14(15)16/h1,6-8,13H,2-4H3. The van der Waals surface area contributed by atoms with Gasteiger partial charge in [-0.3, -0.25) is 10.1 Å². The molecule has 0 heterocycles. The fourth-order valence-electron chi connectivity index (χ4n) is 1.28. The molecule has 4 heteroatoms. The van der Waals surface area contributed by atoms with Gasteiger partial charge in [0.2, 0.25) is 0 Å². The summed E-state index contributed by atoms with van der Waals surface area (Å²) in [5.41, 5.74) is 0.857. The SMILES string of the molecule is C#CC(C)(C)Nc1ccc(C)c([N+](=O)[O-])c1. The second-order valence-corrected chi connectivity index (χ2v) is 4.15. The minimum atomic E-state index is -0.525. The van der Waals surface area contributed by atoms with Crippen LogP contribution in [0.5, 0.6) is 0 Å². The van der Waals surface area contributed by atoms with Crippen molar-refractivity contribution in [2.45, 2.75) is 26.3 Å². The third-order valence-electron chi connectivity index (χ3n) is 2.22. The zero-order valence-electron chi connectivity index (χ0n) is 9.57. The highest BCUT2D eigenvalue weighted by Crippen LogP contribution is 2.24. The third-order valence-corrected chi connectivity index (χ3v) is 2.22. The quantitative estimate of drug-likeness (QED) is 0.482. The summed E-state index contributed by atoms with van der Waals surface area (Å²) in [5, 5.41) is 13.8. The van der Waals surface area contributed by atoms with Crippen LogP contribution in [0.4, 0.5) is 11.4 Å². The summed E-state index contributed by atoms with van der Waals surface area (Å²) in [6, 6.07) is 4.98. The summed E-state index contributed by atoms with van der Waals surface area (Å²) < 4.78 is 0. The summed E-state index contributed by atoms with van der Waals surface area (Å²) in [6.07, 6.45) is 5.34. The van der Waals surface area contributed by atoms with E-state index in [-0.39, 0.29) is 5.69 Å². The first-order valence-electron chi connectivity index (χ1n) is 4.87. The van der Waals surface area contributed by atoms with Crippen LogP contribution in [0.1, 0.15) is 19.4 Å². The molecule has 1 rings (SSSR count). The van der Waals surface area contributed by atoms with Crippen molar-refractivity contribution in [1.29, 1.82) is 0 Å². The molecule has 0 aliphatic carbocycles. The number of terminal acetylenes is 1. The smallest absolute Gasteiger partial charge is 0.274 e. The van der Waals surface area contributed by atoms with Gasteiger partial charge in [-0.15, -0.1) is 6.42 Å². The van der Waals surface area contributed by atoms with E-state index in [9.17, 15) is 10.1 Å². The van der Waals surface area contributed by atoms with E-state index >= 15 is 0 Å². The molecule has 1 aromatic carbocycles. The monoisotopic (exact) mass is 218 g/mol. The van der Waals surface area contributed by atoms with Crippen molar-refractivity contribution in [3.05, 3.63) is 33.9 Å². The molecule has 0 aromatic heterocycles. The predicted molar refractivity (Wildman–Crippen MR) is 64.4 cm³/mol. The number of benzene rings is 1. The van der Waals surface area contributed by atoms with Crippen LogP contribution in [-0.2, 0) is 0 Å². The van der Waals surface area contributed by atoms with Crippen LogP contribution in [0.2, 0.25) is 0 Å². The highest BCUT2D eigenvalue weighted by Gasteiger charge is 2.16. The molecule has 0 saturated carbocycles. The average molecular weight is 218 g/mol. The molecule has 1 N–H and O–H groups in total. The second kappa shape index (κ2) is 4.23. The van der Waals surface area contributed by atoms with Crippen LogP contribution < -0.4 is 5.32 Å². The molecule has 0 bridgehead atoms. The topological polar surface area (TPSA) is 55.2 Å². The van der Waals surface area contributed by atoms with Gasteiger partial charge in [0.15, 0.2) is 0 Å². The first-order chi connectivity index (χ1) is 7.35. The van der Waals surface area contributed by atoms with Gasteiger partial charge in [0, 0.05) is 17.3 Å². The Morgan fingerprint density at radius 1 is 1.50 bits per heavy atom. The second-order valence-electron chi connectivity index (χ2n) is 4.15. The van der Waals surface area contributed by atoms with Crippen molar-refractivity contribution in [2.75, 3.05) is 5.32 Å². The molecule has 16 heavy (non-hydrogen) atoms. The fraction of sp³-hybridized carbons (Fsp3) is 0.333. The van der Waals surface area contributed by atoms with Crippen LogP contribution in [0.15, 0.2) is 18.2 Å². The van der Waals surface area contributed by atoms with Crippen LogP contribution in [0.3, 0.4) is 0 Å². The molecular weight excluding hydrogens is 204 g/mol.